The van der Waals surface area contributed by atoms with Gasteiger partial charge in [-0.15, -0.1) is 0 Å². The predicted molar refractivity (Wildman–Crippen MR) is 123 cm³/mol. The van der Waals surface area contributed by atoms with Gasteiger partial charge in [-0.3, -0.25) is 14.4 Å². The van der Waals surface area contributed by atoms with Crippen LogP contribution in [0.3, 0.4) is 0 Å². The molecule has 0 saturated carbocycles. The molecule has 0 aromatic heterocycles. The van der Waals surface area contributed by atoms with Crippen LogP contribution < -0.4 is 10.6 Å². The molecule has 3 amide bonds. The number of aliphatic hydroxyl groups is 1. The molecule has 7 atom stereocenters. The molecular weight excluding hydrogens is 422 g/mol. The molecule has 3 saturated heterocycles. The van der Waals surface area contributed by atoms with Crippen molar-refractivity contribution in [3.05, 3.63) is 29.3 Å². The molecular formula is C25H35N3O5. The van der Waals surface area contributed by atoms with E-state index in [2.05, 4.69) is 10.6 Å². The highest BCUT2D eigenvalue weighted by Gasteiger charge is 2.75. The number of hydrogen-bond acceptors (Lipinski definition) is 5. The number of nitrogens with one attached hydrogen (secondary N) is 2. The molecule has 3 heterocycles. The standard InChI is InChI=1S/C25H35N3O5/c1-6-14(3)17(12-29)28-21(23(31)27-16-11-13(2)7-8-15(16)4)25-10-9-18(33-25)19(22(30)26-5)20(25)24(28)32/h7-8,11,14,17-21,29H,6,9-10,12H2,1-5H3,(H,26,30)(H,27,31)/t14-,17-,18+,19-,20-,21?,25?/m0/s1. The van der Waals surface area contributed by atoms with E-state index in [1.54, 1.807) is 7.05 Å². The molecule has 1 spiro atoms. The molecule has 2 unspecified atom stereocenters. The van der Waals surface area contributed by atoms with Crippen molar-refractivity contribution in [2.75, 3.05) is 19.0 Å². The Morgan fingerprint density at radius 1 is 1.30 bits per heavy atom. The highest BCUT2D eigenvalue weighted by molar-refractivity contribution is 6.04. The van der Waals surface area contributed by atoms with E-state index < -0.39 is 29.5 Å². The first-order chi connectivity index (χ1) is 15.7. The van der Waals surface area contributed by atoms with Crippen LogP contribution in [0.4, 0.5) is 5.69 Å². The maximum Gasteiger partial charge on any atom is 0.250 e. The second-order valence-corrected chi connectivity index (χ2v) is 9.86. The second-order valence-electron chi connectivity index (χ2n) is 9.86. The molecule has 8 heteroatoms. The lowest BCUT2D eigenvalue weighted by molar-refractivity contribution is -0.145. The fourth-order valence-corrected chi connectivity index (χ4v) is 6.10. The first kappa shape index (κ1) is 23.7. The summed E-state index contributed by atoms with van der Waals surface area (Å²) >= 11 is 0. The van der Waals surface area contributed by atoms with E-state index in [1.165, 1.54) is 4.90 Å². The SMILES string of the molecule is CC[C@H](C)[C@H](CO)N1C(=O)[C@@H]2[C@@H](C(=O)NC)[C@H]3CCC2(O3)C1C(=O)Nc1cc(C)ccc1C. The number of aryl methyl sites for hydroxylation is 2. The number of rotatable bonds is 7. The van der Waals surface area contributed by atoms with Crippen LogP contribution in [0.25, 0.3) is 0 Å². The molecule has 4 rings (SSSR count). The van der Waals surface area contributed by atoms with E-state index in [4.69, 9.17) is 4.74 Å². The van der Waals surface area contributed by atoms with E-state index in [0.29, 0.717) is 18.5 Å². The third-order valence-corrected chi connectivity index (χ3v) is 8.03. The first-order valence-electron chi connectivity index (χ1n) is 11.9. The molecule has 0 aliphatic carbocycles. The number of fused-ring (bicyclic) bond motifs is 1. The first-order valence-corrected chi connectivity index (χ1v) is 11.9. The molecule has 1 aromatic carbocycles. The van der Waals surface area contributed by atoms with E-state index in [9.17, 15) is 19.5 Å². The summed E-state index contributed by atoms with van der Waals surface area (Å²) in [7, 11) is 1.55. The largest absolute Gasteiger partial charge is 0.394 e. The van der Waals surface area contributed by atoms with E-state index in [0.717, 1.165) is 17.5 Å². The van der Waals surface area contributed by atoms with Gasteiger partial charge in [0, 0.05) is 12.7 Å². The number of hydrogen-bond donors (Lipinski definition) is 3. The smallest absolute Gasteiger partial charge is 0.250 e. The van der Waals surface area contributed by atoms with Crippen molar-refractivity contribution in [2.45, 2.75) is 70.7 Å². The monoisotopic (exact) mass is 457 g/mol. The molecule has 3 fully saturated rings. The second kappa shape index (κ2) is 8.72. The fraction of sp³-hybridized carbons (Fsp3) is 0.640. The van der Waals surface area contributed by atoms with Gasteiger partial charge in [0.05, 0.1) is 30.6 Å². The van der Waals surface area contributed by atoms with Crippen LogP contribution in [-0.2, 0) is 19.1 Å². The van der Waals surface area contributed by atoms with Gasteiger partial charge in [-0.2, -0.15) is 0 Å². The molecule has 180 valence electrons. The number of amides is 3. The summed E-state index contributed by atoms with van der Waals surface area (Å²) in [6, 6.07) is 4.37. The normalized spacial score (nSPS) is 31.9. The van der Waals surface area contributed by atoms with Crippen LogP contribution in [0.15, 0.2) is 18.2 Å². The molecule has 2 bridgehead atoms. The quantitative estimate of drug-likeness (QED) is 0.578. The minimum atomic E-state index is -1.07. The Morgan fingerprint density at radius 2 is 2.03 bits per heavy atom. The number of carbonyl (C=O) groups is 3. The number of likely N-dealkylation sites (tertiary alicyclic amines) is 1. The van der Waals surface area contributed by atoms with Crippen LogP contribution in [0.5, 0.6) is 0 Å². The zero-order chi connectivity index (χ0) is 24.1. The molecule has 3 aliphatic heterocycles. The summed E-state index contributed by atoms with van der Waals surface area (Å²) in [5.41, 5.74) is 1.55. The maximum absolute atomic E-state index is 13.9. The minimum absolute atomic E-state index is 0.0270. The van der Waals surface area contributed by atoms with Crippen LogP contribution in [-0.4, -0.2) is 65.2 Å². The van der Waals surface area contributed by atoms with Crippen LogP contribution >= 0.6 is 0 Å². The predicted octanol–water partition coefficient (Wildman–Crippen LogP) is 1.77. The average molecular weight is 458 g/mol. The van der Waals surface area contributed by atoms with Crippen LogP contribution in [0.2, 0.25) is 0 Å². The maximum atomic E-state index is 13.9. The van der Waals surface area contributed by atoms with Crippen molar-refractivity contribution in [2.24, 2.45) is 17.8 Å². The summed E-state index contributed by atoms with van der Waals surface area (Å²) in [5, 5.41) is 16.0. The summed E-state index contributed by atoms with van der Waals surface area (Å²) in [4.78, 5) is 42.1. The molecule has 33 heavy (non-hydrogen) atoms. The Morgan fingerprint density at radius 3 is 2.67 bits per heavy atom. The molecule has 0 radical (unpaired) electrons. The number of aliphatic hydroxyl groups excluding tert-OH is 1. The Kier molecular flexibility index (Phi) is 6.26. The molecule has 1 aromatic rings. The molecule has 3 aliphatic rings. The highest BCUT2D eigenvalue weighted by Crippen LogP contribution is 2.59. The summed E-state index contributed by atoms with van der Waals surface area (Å²) in [5.74, 6) is -2.23. The van der Waals surface area contributed by atoms with Crippen molar-refractivity contribution in [1.29, 1.82) is 0 Å². The average Bonchev–Trinajstić information content (AvgIpc) is 3.44. The van der Waals surface area contributed by atoms with Crippen molar-refractivity contribution >= 4 is 23.4 Å². The third kappa shape index (κ3) is 3.54. The third-order valence-electron chi connectivity index (χ3n) is 8.03. The van der Waals surface area contributed by atoms with Crippen LogP contribution in [0, 0.1) is 31.6 Å². The number of ether oxygens (including phenoxy) is 1. The Labute approximate surface area is 195 Å². The lowest BCUT2D eigenvalue weighted by Crippen LogP contribution is -2.57. The Hall–Kier alpha value is -2.45. The lowest BCUT2D eigenvalue weighted by Gasteiger charge is -2.38. The van der Waals surface area contributed by atoms with E-state index in [-0.39, 0.29) is 36.4 Å². The number of nitrogens with zero attached hydrogens (tertiary/aromatic N) is 1. The van der Waals surface area contributed by atoms with Crippen molar-refractivity contribution < 1.29 is 24.2 Å². The van der Waals surface area contributed by atoms with Gasteiger partial charge in [-0.1, -0.05) is 32.4 Å². The van der Waals surface area contributed by atoms with Gasteiger partial charge in [-0.05, 0) is 49.8 Å². The van der Waals surface area contributed by atoms with Crippen molar-refractivity contribution in [3.63, 3.8) is 0 Å². The van der Waals surface area contributed by atoms with E-state index >= 15 is 0 Å². The highest BCUT2D eigenvalue weighted by atomic mass is 16.5. The summed E-state index contributed by atoms with van der Waals surface area (Å²) in [6.07, 6.45) is 1.51. The van der Waals surface area contributed by atoms with Crippen molar-refractivity contribution in [1.82, 2.24) is 10.2 Å². The lowest BCUT2D eigenvalue weighted by atomic mass is 9.70. The fourth-order valence-electron chi connectivity index (χ4n) is 6.10. The topological polar surface area (TPSA) is 108 Å². The molecule has 3 N–H and O–H groups in total. The zero-order valence-corrected chi connectivity index (χ0v) is 20.1. The van der Waals surface area contributed by atoms with Gasteiger partial charge in [0.2, 0.25) is 17.7 Å². The Balaban J connectivity index is 1.78. The number of benzene rings is 1. The summed E-state index contributed by atoms with van der Waals surface area (Å²) < 4.78 is 6.39. The van der Waals surface area contributed by atoms with Gasteiger partial charge >= 0.3 is 0 Å². The molecule has 8 nitrogen and oxygen atoms in total. The summed E-state index contributed by atoms with van der Waals surface area (Å²) in [6.45, 7) is 7.57. The zero-order valence-electron chi connectivity index (χ0n) is 20.1. The Bertz CT molecular complexity index is 965. The number of anilines is 1. The van der Waals surface area contributed by atoms with Gasteiger partial charge in [0.1, 0.15) is 11.6 Å². The van der Waals surface area contributed by atoms with Gasteiger partial charge in [0.15, 0.2) is 0 Å². The van der Waals surface area contributed by atoms with Gasteiger partial charge in [-0.25, -0.2) is 0 Å². The number of carbonyl (C=O) groups excluding carboxylic acids is 3. The minimum Gasteiger partial charge on any atom is -0.394 e. The van der Waals surface area contributed by atoms with Gasteiger partial charge < -0.3 is 25.4 Å². The van der Waals surface area contributed by atoms with Crippen molar-refractivity contribution in [3.8, 4) is 0 Å². The van der Waals surface area contributed by atoms with E-state index in [1.807, 2.05) is 45.9 Å². The van der Waals surface area contributed by atoms with Gasteiger partial charge in [0.25, 0.3) is 0 Å². The van der Waals surface area contributed by atoms with Crippen LogP contribution in [0.1, 0.15) is 44.2 Å².